The van der Waals surface area contributed by atoms with E-state index < -0.39 is 11.7 Å². The lowest BCUT2D eigenvalue weighted by Crippen LogP contribution is -2.45. The number of hydrogen-bond acceptors (Lipinski definition) is 5. The molecule has 0 bridgehead atoms. The predicted octanol–water partition coefficient (Wildman–Crippen LogP) is 5.17. The zero-order valence-corrected chi connectivity index (χ0v) is 20.1. The molecule has 0 aromatic carbocycles. The minimum Gasteiger partial charge on any atom is -0.375 e. The van der Waals surface area contributed by atoms with Gasteiger partial charge in [0.2, 0.25) is 0 Å². The van der Waals surface area contributed by atoms with E-state index >= 15 is 0 Å². The van der Waals surface area contributed by atoms with Crippen molar-refractivity contribution in [2.24, 2.45) is 0 Å². The molecule has 0 amide bonds. The molecular formula is C25H36F2N2O3. The Labute approximate surface area is 190 Å². The topological polar surface area (TPSA) is 43.8 Å². The number of aromatic nitrogens is 1. The fourth-order valence-electron chi connectivity index (χ4n) is 3.98. The van der Waals surface area contributed by atoms with E-state index in [-0.39, 0.29) is 11.7 Å². The van der Waals surface area contributed by atoms with Gasteiger partial charge in [-0.2, -0.15) is 8.78 Å². The van der Waals surface area contributed by atoms with Gasteiger partial charge in [0.15, 0.2) is 0 Å². The molecular weight excluding hydrogens is 414 g/mol. The van der Waals surface area contributed by atoms with Crippen molar-refractivity contribution in [3.05, 3.63) is 24.0 Å². The number of rotatable bonds is 5. The van der Waals surface area contributed by atoms with Crippen LogP contribution in [0.1, 0.15) is 72.9 Å². The third-order valence-corrected chi connectivity index (χ3v) is 5.28. The number of ether oxygens (including phenoxy) is 3. The van der Waals surface area contributed by atoms with Gasteiger partial charge in [-0.25, -0.2) is 4.98 Å². The summed E-state index contributed by atoms with van der Waals surface area (Å²) in [6.45, 7) is 12.6. The van der Waals surface area contributed by atoms with Crippen molar-refractivity contribution >= 4 is 5.69 Å². The lowest BCUT2D eigenvalue weighted by atomic mass is 9.90. The molecule has 0 atom stereocenters. The van der Waals surface area contributed by atoms with Crippen molar-refractivity contribution < 1.29 is 23.0 Å². The van der Waals surface area contributed by atoms with Gasteiger partial charge in [0.1, 0.15) is 5.69 Å². The van der Waals surface area contributed by atoms with E-state index in [0.29, 0.717) is 17.9 Å². The molecule has 1 aromatic heterocycles. The smallest absolute Gasteiger partial charge is 0.375 e. The van der Waals surface area contributed by atoms with Crippen LogP contribution >= 0.6 is 0 Å². The van der Waals surface area contributed by atoms with Gasteiger partial charge >= 0.3 is 6.11 Å². The number of anilines is 1. The van der Waals surface area contributed by atoms with Crippen LogP contribution in [0.15, 0.2) is 18.3 Å². The van der Waals surface area contributed by atoms with Crippen LogP contribution in [-0.4, -0.2) is 53.7 Å². The molecule has 0 radical (unpaired) electrons. The van der Waals surface area contributed by atoms with E-state index in [1.807, 2.05) is 12.0 Å². The van der Waals surface area contributed by atoms with Crippen molar-refractivity contribution in [2.75, 3.05) is 18.0 Å². The Morgan fingerprint density at radius 2 is 1.62 bits per heavy atom. The summed E-state index contributed by atoms with van der Waals surface area (Å²) in [7, 11) is 0. The van der Waals surface area contributed by atoms with Crippen LogP contribution in [0.5, 0.6) is 0 Å². The number of piperidine rings is 1. The van der Waals surface area contributed by atoms with Crippen LogP contribution in [-0.2, 0) is 14.2 Å². The molecule has 1 aromatic rings. The van der Waals surface area contributed by atoms with Gasteiger partial charge in [0, 0.05) is 30.9 Å². The molecule has 178 valence electrons. The summed E-state index contributed by atoms with van der Waals surface area (Å²) in [5.41, 5.74) is 0.145. The second-order valence-electron chi connectivity index (χ2n) is 10.6. The van der Waals surface area contributed by atoms with E-state index in [2.05, 4.69) is 36.6 Å². The van der Waals surface area contributed by atoms with Crippen LogP contribution in [0.25, 0.3) is 0 Å². The van der Waals surface area contributed by atoms with Crippen LogP contribution in [0, 0.1) is 11.8 Å². The zero-order valence-electron chi connectivity index (χ0n) is 20.1. The molecule has 3 rings (SSSR count). The fourth-order valence-corrected chi connectivity index (χ4v) is 3.98. The first-order valence-corrected chi connectivity index (χ1v) is 11.4. The van der Waals surface area contributed by atoms with E-state index in [4.69, 9.17) is 14.2 Å². The largest absolute Gasteiger partial charge is 0.424 e. The molecule has 5 nitrogen and oxygen atoms in total. The minimum atomic E-state index is -3.52. The average Bonchev–Trinajstić information content (AvgIpc) is 2.63. The van der Waals surface area contributed by atoms with Crippen LogP contribution < -0.4 is 4.90 Å². The van der Waals surface area contributed by atoms with Gasteiger partial charge in [-0.15, -0.1) is 0 Å². The summed E-state index contributed by atoms with van der Waals surface area (Å²) in [5.74, 6) is 4.36. The summed E-state index contributed by atoms with van der Waals surface area (Å²) < 4.78 is 44.7. The number of hydrogen-bond donors (Lipinski definition) is 0. The maximum absolute atomic E-state index is 13.9. The van der Waals surface area contributed by atoms with Crippen LogP contribution in [0.2, 0.25) is 0 Å². The molecule has 1 saturated carbocycles. The van der Waals surface area contributed by atoms with E-state index in [0.717, 1.165) is 44.5 Å². The van der Waals surface area contributed by atoms with Gasteiger partial charge in [-0.1, -0.05) is 0 Å². The summed E-state index contributed by atoms with van der Waals surface area (Å²) in [4.78, 5) is 6.34. The highest BCUT2D eigenvalue weighted by atomic mass is 19.3. The average molecular weight is 451 g/mol. The summed E-state index contributed by atoms with van der Waals surface area (Å²) in [6.07, 6.45) is 2.72. The molecule has 2 heterocycles. The van der Waals surface area contributed by atoms with E-state index in [1.165, 1.54) is 0 Å². The molecule has 1 aliphatic carbocycles. The van der Waals surface area contributed by atoms with Crippen LogP contribution in [0.4, 0.5) is 14.5 Å². The van der Waals surface area contributed by atoms with E-state index in [1.54, 1.807) is 33.0 Å². The first kappa shape index (κ1) is 24.9. The third-order valence-electron chi connectivity index (χ3n) is 5.28. The van der Waals surface area contributed by atoms with Crippen molar-refractivity contribution in [1.29, 1.82) is 0 Å². The molecule has 0 N–H and O–H groups in total. The zero-order chi connectivity index (χ0) is 23.6. The monoisotopic (exact) mass is 450 g/mol. The Morgan fingerprint density at radius 1 is 0.969 bits per heavy atom. The Morgan fingerprint density at radius 3 is 2.22 bits per heavy atom. The number of alkyl halides is 2. The quantitative estimate of drug-likeness (QED) is 0.579. The molecule has 0 unspecified atom stereocenters. The maximum atomic E-state index is 13.9. The molecule has 1 saturated heterocycles. The Kier molecular flexibility index (Phi) is 7.48. The third kappa shape index (κ3) is 7.99. The Hall–Kier alpha value is -1.75. The highest BCUT2D eigenvalue weighted by Crippen LogP contribution is 2.32. The molecule has 32 heavy (non-hydrogen) atoms. The van der Waals surface area contributed by atoms with Gasteiger partial charge in [0.05, 0.1) is 29.5 Å². The molecule has 7 heteroatoms. The van der Waals surface area contributed by atoms with Gasteiger partial charge in [0.25, 0.3) is 0 Å². The van der Waals surface area contributed by atoms with Crippen molar-refractivity contribution in [1.82, 2.24) is 4.98 Å². The molecule has 0 spiro atoms. The van der Waals surface area contributed by atoms with E-state index in [9.17, 15) is 8.78 Å². The summed E-state index contributed by atoms with van der Waals surface area (Å²) in [6, 6.07) is 3.64. The Bertz CT molecular complexity index is 822. The van der Waals surface area contributed by atoms with Crippen molar-refractivity contribution in [3.63, 3.8) is 0 Å². The summed E-state index contributed by atoms with van der Waals surface area (Å²) >= 11 is 0. The van der Waals surface area contributed by atoms with Crippen molar-refractivity contribution in [3.8, 4) is 11.8 Å². The lowest BCUT2D eigenvalue weighted by Gasteiger charge is -2.42. The first-order valence-electron chi connectivity index (χ1n) is 11.4. The number of halogens is 2. The van der Waals surface area contributed by atoms with Gasteiger partial charge in [-0.05, 0) is 85.3 Å². The second kappa shape index (κ2) is 9.62. The van der Waals surface area contributed by atoms with Gasteiger partial charge < -0.3 is 19.1 Å². The highest BCUT2D eigenvalue weighted by Gasteiger charge is 2.36. The second-order valence-corrected chi connectivity index (χ2v) is 10.6. The lowest BCUT2D eigenvalue weighted by molar-refractivity contribution is -0.243. The standard InChI is InChI=1S/C25H36F2N2O3/c1-23(2,3)31-22-16-21(17-22)30-20-9-13-29(14-10-20)19-8-12-28-18(15-19)7-11-25(26,27)32-24(4,5)6/h8,12,15,20-22H,9-10,13-14,16-17H2,1-6H3. The maximum Gasteiger partial charge on any atom is 0.424 e. The highest BCUT2D eigenvalue weighted by molar-refractivity contribution is 5.50. The SMILES string of the molecule is CC(C)(C)OC1CC(OC2CCN(c3ccnc(C#CC(F)(F)OC(C)(C)C)c3)CC2)C1. The van der Waals surface area contributed by atoms with Crippen LogP contribution in [0.3, 0.4) is 0 Å². The fraction of sp³-hybridized carbons (Fsp3) is 0.720. The van der Waals surface area contributed by atoms with Gasteiger partial charge in [-0.3, -0.25) is 0 Å². The molecule has 2 aliphatic rings. The summed E-state index contributed by atoms with van der Waals surface area (Å²) in [5, 5.41) is 0. The number of pyridine rings is 1. The first-order chi connectivity index (χ1) is 14.8. The Balaban J connectivity index is 1.48. The number of nitrogens with zero attached hydrogens (tertiary/aromatic N) is 2. The minimum absolute atomic E-state index is 0.107. The molecule has 1 aliphatic heterocycles. The normalized spacial score (nSPS) is 22.8. The van der Waals surface area contributed by atoms with Crippen molar-refractivity contribution in [2.45, 2.75) is 103 Å². The molecule has 2 fully saturated rings. The predicted molar refractivity (Wildman–Crippen MR) is 121 cm³/mol.